The molecule has 0 fully saturated rings. The molecule has 11 heteroatoms. The maximum absolute atomic E-state index is 14.1. The first-order valence-electron chi connectivity index (χ1n) is 8.45. The number of nitrogens with one attached hydrogen (secondary N) is 1. The molecule has 1 heterocycles. The first-order valence-corrected chi connectivity index (χ1v) is 9.93. The molecule has 0 radical (unpaired) electrons. The molecule has 158 valence electrons. The van der Waals surface area contributed by atoms with Crippen molar-refractivity contribution in [3.63, 3.8) is 0 Å². The van der Waals surface area contributed by atoms with Gasteiger partial charge in [0.15, 0.2) is 0 Å². The van der Waals surface area contributed by atoms with Crippen molar-refractivity contribution in [2.75, 3.05) is 14.2 Å². The van der Waals surface area contributed by atoms with Crippen LogP contribution in [-0.2, 0) is 17.1 Å². The Morgan fingerprint density at radius 3 is 2.37 bits per heavy atom. The minimum Gasteiger partial charge on any atom is -0.497 e. The van der Waals surface area contributed by atoms with E-state index >= 15 is 0 Å². The number of aryl methyl sites for hydroxylation is 1. The number of carbonyl (C=O) groups excluding carboxylic acids is 1. The van der Waals surface area contributed by atoms with Gasteiger partial charge in [0.1, 0.15) is 39.5 Å². The number of nitrogens with zero attached hydrogens (tertiary/aromatic N) is 2. The number of ether oxygens (including phenoxy) is 2. The average molecular weight is 437 g/mol. The van der Waals surface area contributed by atoms with Crippen molar-refractivity contribution in [3.8, 4) is 22.9 Å². The fourth-order valence-electron chi connectivity index (χ4n) is 2.74. The van der Waals surface area contributed by atoms with E-state index in [0.29, 0.717) is 0 Å². The third-order valence-corrected chi connectivity index (χ3v) is 5.53. The van der Waals surface area contributed by atoms with Crippen LogP contribution in [0.5, 0.6) is 11.5 Å². The number of hydrogen-bond donors (Lipinski definition) is 1. The SMILES string of the molecule is COc1ccc(OC)c(S(=O)(=O)NC(=O)c2cn(C)c(-c3c(F)cccc3F)n2)c1. The van der Waals surface area contributed by atoms with Gasteiger partial charge in [-0.25, -0.2) is 26.9 Å². The Morgan fingerprint density at radius 1 is 1.10 bits per heavy atom. The van der Waals surface area contributed by atoms with Crippen LogP contribution in [0.4, 0.5) is 8.78 Å². The largest absolute Gasteiger partial charge is 0.497 e. The van der Waals surface area contributed by atoms with Crippen molar-refractivity contribution < 1.29 is 31.5 Å². The van der Waals surface area contributed by atoms with E-state index in [-0.39, 0.29) is 27.9 Å². The minimum atomic E-state index is -4.37. The molecule has 0 saturated carbocycles. The zero-order chi connectivity index (χ0) is 22.1. The number of carbonyl (C=O) groups is 1. The first kappa shape index (κ1) is 21.2. The highest BCUT2D eigenvalue weighted by atomic mass is 32.2. The molecule has 3 aromatic rings. The van der Waals surface area contributed by atoms with E-state index in [1.807, 2.05) is 4.72 Å². The standard InChI is InChI=1S/C19H17F2N3O5S/c1-24-10-14(22-18(24)17-12(20)5-4-6-13(17)21)19(25)23-30(26,27)16-9-11(28-2)7-8-15(16)29-3/h4-10H,1-3H3,(H,23,25). The fraction of sp³-hybridized carbons (Fsp3) is 0.158. The van der Waals surface area contributed by atoms with Gasteiger partial charge in [0.25, 0.3) is 15.9 Å². The second kappa shape index (κ2) is 8.11. The molecule has 0 aliphatic heterocycles. The molecule has 1 amide bonds. The molecule has 0 atom stereocenters. The summed E-state index contributed by atoms with van der Waals surface area (Å²) in [6.07, 6.45) is 1.16. The van der Waals surface area contributed by atoms with E-state index in [2.05, 4.69) is 4.98 Å². The second-order valence-corrected chi connectivity index (χ2v) is 7.76. The van der Waals surface area contributed by atoms with E-state index in [1.165, 1.54) is 50.1 Å². The Morgan fingerprint density at radius 2 is 1.77 bits per heavy atom. The molecule has 0 saturated heterocycles. The number of imidazole rings is 1. The summed E-state index contributed by atoms with van der Waals surface area (Å²) in [5, 5.41) is 0. The van der Waals surface area contributed by atoms with Crippen LogP contribution in [0.3, 0.4) is 0 Å². The summed E-state index contributed by atoms with van der Waals surface area (Å²) >= 11 is 0. The lowest BCUT2D eigenvalue weighted by Crippen LogP contribution is -2.31. The molecule has 30 heavy (non-hydrogen) atoms. The zero-order valence-electron chi connectivity index (χ0n) is 16.1. The number of methoxy groups -OCH3 is 2. The molecular formula is C19H17F2N3O5S. The molecule has 3 rings (SSSR count). The van der Waals surface area contributed by atoms with Gasteiger partial charge >= 0.3 is 0 Å². The predicted octanol–water partition coefficient (Wildman–Crippen LogP) is 2.50. The second-order valence-electron chi connectivity index (χ2n) is 6.11. The van der Waals surface area contributed by atoms with Gasteiger partial charge in [0.2, 0.25) is 0 Å². The topological polar surface area (TPSA) is 99.5 Å². The van der Waals surface area contributed by atoms with E-state index in [1.54, 1.807) is 0 Å². The Labute approximate surface area is 171 Å². The highest BCUT2D eigenvalue weighted by Crippen LogP contribution is 2.28. The first-order chi connectivity index (χ1) is 14.2. The van der Waals surface area contributed by atoms with Gasteiger partial charge in [-0.1, -0.05) is 6.07 Å². The molecule has 0 bridgehead atoms. The summed E-state index contributed by atoms with van der Waals surface area (Å²) in [6.45, 7) is 0. The number of amides is 1. The number of hydrogen-bond acceptors (Lipinski definition) is 6. The maximum atomic E-state index is 14.1. The Bertz CT molecular complexity index is 1200. The van der Waals surface area contributed by atoms with Gasteiger partial charge < -0.3 is 14.0 Å². The zero-order valence-corrected chi connectivity index (χ0v) is 17.0. The average Bonchev–Trinajstić information content (AvgIpc) is 3.08. The molecule has 0 aliphatic carbocycles. The molecular weight excluding hydrogens is 420 g/mol. The maximum Gasteiger partial charge on any atom is 0.285 e. The van der Waals surface area contributed by atoms with Gasteiger partial charge in [-0.15, -0.1) is 0 Å². The lowest BCUT2D eigenvalue weighted by atomic mass is 10.2. The molecule has 0 aliphatic rings. The third-order valence-electron chi connectivity index (χ3n) is 4.18. The van der Waals surface area contributed by atoms with Crippen LogP contribution in [0.2, 0.25) is 0 Å². The van der Waals surface area contributed by atoms with Gasteiger partial charge in [0.05, 0.1) is 19.8 Å². The van der Waals surface area contributed by atoms with Gasteiger partial charge in [-0.3, -0.25) is 4.79 Å². The minimum absolute atomic E-state index is 0.00811. The lowest BCUT2D eigenvalue weighted by molar-refractivity contribution is 0.0977. The van der Waals surface area contributed by atoms with Crippen LogP contribution in [0.1, 0.15) is 10.5 Å². The van der Waals surface area contributed by atoms with Crippen molar-refractivity contribution in [2.45, 2.75) is 4.90 Å². The molecule has 2 aromatic carbocycles. The number of benzene rings is 2. The monoisotopic (exact) mass is 437 g/mol. The lowest BCUT2D eigenvalue weighted by Gasteiger charge is -2.11. The number of rotatable bonds is 6. The highest BCUT2D eigenvalue weighted by molar-refractivity contribution is 7.90. The van der Waals surface area contributed by atoms with E-state index in [4.69, 9.17) is 9.47 Å². The van der Waals surface area contributed by atoms with E-state index < -0.39 is 33.1 Å². The smallest absolute Gasteiger partial charge is 0.285 e. The van der Waals surface area contributed by atoms with E-state index in [9.17, 15) is 22.0 Å². The van der Waals surface area contributed by atoms with Gasteiger partial charge in [-0.2, -0.15) is 0 Å². The molecule has 1 aromatic heterocycles. The summed E-state index contributed by atoms with van der Waals surface area (Å²) in [5.41, 5.74) is -0.781. The van der Waals surface area contributed by atoms with Crippen LogP contribution in [0.15, 0.2) is 47.5 Å². The number of sulfonamides is 1. The highest BCUT2D eigenvalue weighted by Gasteiger charge is 2.26. The van der Waals surface area contributed by atoms with Crippen LogP contribution >= 0.6 is 0 Å². The Hall–Kier alpha value is -3.47. The van der Waals surface area contributed by atoms with Crippen LogP contribution in [0, 0.1) is 11.6 Å². The summed E-state index contributed by atoms with van der Waals surface area (Å²) in [5.74, 6) is -2.77. The summed E-state index contributed by atoms with van der Waals surface area (Å²) in [7, 11) is -0.319. The Kier molecular flexibility index (Phi) is 5.74. The molecule has 8 nitrogen and oxygen atoms in total. The Balaban J connectivity index is 1.96. The van der Waals surface area contributed by atoms with Crippen molar-refractivity contribution in [2.24, 2.45) is 7.05 Å². The van der Waals surface area contributed by atoms with Crippen molar-refractivity contribution in [3.05, 3.63) is 59.9 Å². The fourth-order valence-corrected chi connectivity index (χ4v) is 3.89. The van der Waals surface area contributed by atoms with Crippen LogP contribution in [-0.4, -0.2) is 38.1 Å². The number of halogens is 2. The summed E-state index contributed by atoms with van der Waals surface area (Å²) in [6, 6.07) is 7.34. The van der Waals surface area contributed by atoms with Crippen LogP contribution < -0.4 is 14.2 Å². The van der Waals surface area contributed by atoms with Gasteiger partial charge in [0, 0.05) is 19.3 Å². The van der Waals surface area contributed by atoms with Crippen molar-refractivity contribution in [1.29, 1.82) is 0 Å². The normalized spacial score (nSPS) is 11.2. The molecule has 0 unspecified atom stereocenters. The van der Waals surface area contributed by atoms with Crippen LogP contribution in [0.25, 0.3) is 11.4 Å². The van der Waals surface area contributed by atoms with Crippen molar-refractivity contribution in [1.82, 2.24) is 14.3 Å². The molecule has 1 N–H and O–H groups in total. The predicted molar refractivity (Wildman–Crippen MR) is 103 cm³/mol. The quantitative estimate of drug-likeness (QED) is 0.636. The van der Waals surface area contributed by atoms with Gasteiger partial charge in [-0.05, 0) is 24.3 Å². The summed E-state index contributed by atoms with van der Waals surface area (Å²) in [4.78, 5) is 16.1. The third kappa shape index (κ3) is 3.96. The van der Waals surface area contributed by atoms with E-state index in [0.717, 1.165) is 18.3 Å². The summed E-state index contributed by atoms with van der Waals surface area (Å²) < 4.78 is 66.7. The number of aromatic nitrogens is 2. The molecule has 0 spiro atoms. The van der Waals surface area contributed by atoms with Crippen molar-refractivity contribution >= 4 is 15.9 Å².